The van der Waals surface area contributed by atoms with Gasteiger partial charge in [-0.1, -0.05) is 0 Å². The highest BCUT2D eigenvalue weighted by atomic mass is 19.1. The summed E-state index contributed by atoms with van der Waals surface area (Å²) >= 11 is 0. The van der Waals surface area contributed by atoms with Crippen molar-refractivity contribution in [3.63, 3.8) is 0 Å². The summed E-state index contributed by atoms with van der Waals surface area (Å²) in [4.78, 5) is 27.4. The molecule has 9 heteroatoms. The lowest BCUT2D eigenvalue weighted by molar-refractivity contribution is -0.120. The Balaban J connectivity index is 1.42. The fourth-order valence-electron chi connectivity index (χ4n) is 4.09. The molecule has 1 fully saturated rings. The summed E-state index contributed by atoms with van der Waals surface area (Å²) in [5, 5.41) is 7.48. The molecule has 35 heavy (non-hydrogen) atoms. The lowest BCUT2D eigenvalue weighted by Gasteiger charge is -2.32. The van der Waals surface area contributed by atoms with Gasteiger partial charge >= 0.3 is 0 Å². The Morgan fingerprint density at radius 3 is 2.43 bits per heavy atom. The maximum Gasteiger partial charge on any atom is 0.271 e. The second kappa shape index (κ2) is 11.0. The number of nitrogens with zero attached hydrogens (tertiary/aromatic N) is 3. The number of carbonyl (C=O) groups is 1. The first-order valence-corrected chi connectivity index (χ1v) is 11.8. The Morgan fingerprint density at radius 2 is 1.74 bits per heavy atom. The van der Waals surface area contributed by atoms with Crippen LogP contribution in [0.5, 0.6) is 11.5 Å². The van der Waals surface area contributed by atoms with Crippen LogP contribution in [0, 0.1) is 11.7 Å². The topological polar surface area (TPSA) is 85.7 Å². The molecule has 8 nitrogen and oxygen atoms in total. The average molecular weight is 481 g/mol. The fourth-order valence-corrected chi connectivity index (χ4v) is 4.09. The molecule has 1 saturated heterocycles. The van der Waals surface area contributed by atoms with E-state index in [0.717, 1.165) is 0 Å². The maximum absolute atomic E-state index is 13.3. The van der Waals surface area contributed by atoms with Gasteiger partial charge in [-0.25, -0.2) is 4.39 Å². The number of rotatable bonds is 8. The number of aromatic nitrogens is 2. The van der Waals surface area contributed by atoms with E-state index >= 15 is 0 Å². The third-order valence-corrected chi connectivity index (χ3v) is 5.87. The SMILES string of the molecule is CCOc1ccc(OCC)c(NC(=O)C2CCN(c3ccc(=O)n(-c4ccc(F)cc4)n3)CC2)c1. The molecule has 0 spiro atoms. The second-order valence-electron chi connectivity index (χ2n) is 8.19. The summed E-state index contributed by atoms with van der Waals surface area (Å²) < 4.78 is 25.7. The van der Waals surface area contributed by atoms with E-state index < -0.39 is 0 Å². The van der Waals surface area contributed by atoms with Crippen LogP contribution in [0.15, 0.2) is 59.4 Å². The number of ether oxygens (including phenoxy) is 2. The molecule has 1 N–H and O–H groups in total. The van der Waals surface area contributed by atoms with Gasteiger partial charge in [0.05, 0.1) is 24.6 Å². The maximum atomic E-state index is 13.3. The third kappa shape index (κ3) is 5.79. The minimum atomic E-state index is -0.378. The van der Waals surface area contributed by atoms with Gasteiger partial charge in [-0.05, 0) is 69.2 Å². The van der Waals surface area contributed by atoms with E-state index in [0.29, 0.717) is 67.8 Å². The van der Waals surface area contributed by atoms with Gasteiger partial charge in [-0.15, -0.1) is 5.10 Å². The van der Waals surface area contributed by atoms with Crippen LogP contribution in [0.1, 0.15) is 26.7 Å². The Morgan fingerprint density at radius 1 is 1.03 bits per heavy atom. The van der Waals surface area contributed by atoms with Crippen molar-refractivity contribution in [2.45, 2.75) is 26.7 Å². The number of hydrogen-bond acceptors (Lipinski definition) is 6. The predicted octanol–water partition coefficient (Wildman–Crippen LogP) is 4.02. The number of anilines is 2. The molecule has 3 aromatic rings. The Kier molecular flexibility index (Phi) is 7.64. The predicted molar refractivity (Wildman–Crippen MR) is 132 cm³/mol. The van der Waals surface area contributed by atoms with E-state index in [1.807, 2.05) is 24.8 Å². The Bertz CT molecular complexity index is 1220. The number of amides is 1. The number of benzene rings is 2. The minimum absolute atomic E-state index is 0.0662. The zero-order valence-corrected chi connectivity index (χ0v) is 19.9. The molecule has 1 aliphatic rings. The smallest absolute Gasteiger partial charge is 0.271 e. The molecule has 0 bridgehead atoms. The van der Waals surface area contributed by atoms with Crippen molar-refractivity contribution in [3.05, 3.63) is 70.8 Å². The highest BCUT2D eigenvalue weighted by Gasteiger charge is 2.27. The quantitative estimate of drug-likeness (QED) is 0.524. The number of nitrogens with one attached hydrogen (secondary N) is 1. The summed E-state index contributed by atoms with van der Waals surface area (Å²) in [5.74, 6) is 1.30. The zero-order valence-electron chi connectivity index (χ0n) is 19.9. The van der Waals surface area contributed by atoms with Crippen molar-refractivity contribution in [3.8, 4) is 17.2 Å². The van der Waals surface area contributed by atoms with Crippen molar-refractivity contribution in [2.24, 2.45) is 5.92 Å². The molecule has 0 atom stereocenters. The zero-order chi connectivity index (χ0) is 24.8. The largest absolute Gasteiger partial charge is 0.494 e. The summed E-state index contributed by atoms with van der Waals surface area (Å²) in [7, 11) is 0. The van der Waals surface area contributed by atoms with Crippen LogP contribution >= 0.6 is 0 Å². The Hall–Kier alpha value is -3.88. The van der Waals surface area contributed by atoms with Crippen LogP contribution in [0.25, 0.3) is 5.69 Å². The van der Waals surface area contributed by atoms with E-state index in [1.165, 1.54) is 35.0 Å². The van der Waals surface area contributed by atoms with E-state index in [-0.39, 0.29) is 23.2 Å². The van der Waals surface area contributed by atoms with Crippen molar-refractivity contribution in [1.29, 1.82) is 0 Å². The van der Waals surface area contributed by atoms with Gasteiger partial charge < -0.3 is 19.7 Å². The standard InChI is InChI=1S/C26H29FN4O4/c1-3-34-21-9-10-23(35-4-2)22(17-21)28-26(33)18-13-15-30(16-14-18)24-11-12-25(32)31(29-24)20-7-5-19(27)6-8-20/h5-12,17-18H,3-4,13-16H2,1-2H3,(H,28,33). The average Bonchev–Trinajstić information content (AvgIpc) is 2.87. The number of piperidine rings is 1. The monoisotopic (exact) mass is 480 g/mol. The van der Waals surface area contributed by atoms with E-state index in [9.17, 15) is 14.0 Å². The second-order valence-corrected chi connectivity index (χ2v) is 8.19. The third-order valence-electron chi connectivity index (χ3n) is 5.87. The number of carbonyl (C=O) groups excluding carboxylic acids is 1. The number of halogens is 1. The summed E-state index contributed by atoms with van der Waals surface area (Å²) in [6.45, 7) is 6.05. The molecule has 1 aliphatic heterocycles. The van der Waals surface area contributed by atoms with Crippen LogP contribution in [0.3, 0.4) is 0 Å². The van der Waals surface area contributed by atoms with Gasteiger partial charge in [0.2, 0.25) is 5.91 Å². The molecule has 1 amide bonds. The van der Waals surface area contributed by atoms with Gasteiger partial charge in [0.25, 0.3) is 5.56 Å². The normalized spacial score (nSPS) is 14.0. The molecule has 2 aromatic carbocycles. The molecule has 0 aliphatic carbocycles. The lowest BCUT2D eigenvalue weighted by Crippen LogP contribution is -2.39. The van der Waals surface area contributed by atoms with Crippen molar-refractivity contribution in [2.75, 3.05) is 36.5 Å². The summed E-state index contributed by atoms with van der Waals surface area (Å²) in [6, 6.07) is 14.1. The first-order valence-electron chi connectivity index (χ1n) is 11.8. The van der Waals surface area contributed by atoms with Crippen LogP contribution in [0.2, 0.25) is 0 Å². The van der Waals surface area contributed by atoms with Crippen LogP contribution < -0.4 is 25.2 Å². The highest BCUT2D eigenvalue weighted by molar-refractivity contribution is 5.94. The van der Waals surface area contributed by atoms with Crippen molar-refractivity contribution in [1.82, 2.24) is 9.78 Å². The van der Waals surface area contributed by atoms with Gasteiger partial charge in [0.1, 0.15) is 23.1 Å². The first-order chi connectivity index (χ1) is 17.0. The Labute approximate surface area is 203 Å². The molecule has 0 radical (unpaired) electrons. The van der Waals surface area contributed by atoms with Gasteiger partial charge in [0.15, 0.2) is 0 Å². The molecule has 184 valence electrons. The minimum Gasteiger partial charge on any atom is -0.494 e. The van der Waals surface area contributed by atoms with E-state index in [1.54, 1.807) is 18.2 Å². The van der Waals surface area contributed by atoms with E-state index in [4.69, 9.17) is 9.47 Å². The van der Waals surface area contributed by atoms with Gasteiger partial charge in [-0.3, -0.25) is 9.59 Å². The van der Waals surface area contributed by atoms with Crippen LogP contribution in [0.4, 0.5) is 15.9 Å². The van der Waals surface area contributed by atoms with Gasteiger partial charge in [0, 0.05) is 31.1 Å². The van der Waals surface area contributed by atoms with E-state index in [2.05, 4.69) is 10.4 Å². The number of hydrogen-bond donors (Lipinski definition) is 1. The summed E-state index contributed by atoms with van der Waals surface area (Å²) in [5.41, 5.74) is 0.791. The summed E-state index contributed by atoms with van der Waals surface area (Å²) in [6.07, 6.45) is 1.27. The van der Waals surface area contributed by atoms with Crippen molar-refractivity contribution >= 4 is 17.4 Å². The first kappa shape index (κ1) is 24.3. The molecular formula is C26H29FN4O4. The molecule has 1 aromatic heterocycles. The molecule has 0 saturated carbocycles. The molecule has 2 heterocycles. The molecule has 0 unspecified atom stereocenters. The molecule has 4 rings (SSSR count). The van der Waals surface area contributed by atoms with Gasteiger partial charge in [-0.2, -0.15) is 4.68 Å². The molecular weight excluding hydrogens is 451 g/mol. The van der Waals surface area contributed by atoms with Crippen molar-refractivity contribution < 1.29 is 18.7 Å². The fraction of sp³-hybridized carbons (Fsp3) is 0.346. The van der Waals surface area contributed by atoms with Crippen LogP contribution in [-0.2, 0) is 4.79 Å². The highest BCUT2D eigenvalue weighted by Crippen LogP contribution is 2.31. The van der Waals surface area contributed by atoms with Crippen LogP contribution in [-0.4, -0.2) is 42.0 Å². The lowest BCUT2D eigenvalue weighted by atomic mass is 9.95.